The molecule has 0 rings (SSSR count). The Morgan fingerprint density at radius 2 is 0.796 bits per heavy atom. The van der Waals surface area contributed by atoms with Crippen LogP contribution >= 0.6 is 0 Å². The molecule has 13 heteroatoms. The minimum atomic E-state index is -1.06. The van der Waals surface area contributed by atoms with Crippen LogP contribution in [0, 0.1) is 0 Å². The van der Waals surface area contributed by atoms with E-state index in [1.165, 1.54) is 0 Å². The average Bonchev–Trinajstić information content (AvgIpc) is 3.00. The molecule has 0 aromatic heterocycles. The van der Waals surface area contributed by atoms with E-state index >= 15 is 0 Å². The number of allylic oxidation sites excluding steroid dienone is 4. The second-order valence-electron chi connectivity index (χ2n) is 12.6. The largest absolute Gasteiger partial charge is 2.00 e. The van der Waals surface area contributed by atoms with Gasteiger partial charge in [0.15, 0.2) is 0 Å². The Morgan fingerprint density at radius 3 is 1.06 bits per heavy atom. The first-order chi connectivity index (χ1) is 22.9. The van der Waals surface area contributed by atoms with Crippen molar-refractivity contribution in [2.75, 3.05) is 65.6 Å². The molecule has 49 heavy (non-hydrogen) atoms. The van der Waals surface area contributed by atoms with Gasteiger partial charge in [-0.1, -0.05) is 38.2 Å². The van der Waals surface area contributed by atoms with Crippen molar-refractivity contribution in [3.63, 3.8) is 0 Å². The van der Waals surface area contributed by atoms with Gasteiger partial charge in [0, 0.05) is 37.6 Å². The number of carboxylic acids is 4. The fourth-order valence-electron chi connectivity index (χ4n) is 6.00. The van der Waals surface area contributed by atoms with Gasteiger partial charge in [-0.15, -0.1) is 0 Å². The first-order valence-electron chi connectivity index (χ1n) is 18.0. The molecule has 280 valence electrons. The van der Waals surface area contributed by atoms with Gasteiger partial charge in [-0.3, -0.25) is 9.59 Å². The van der Waals surface area contributed by atoms with Crippen LogP contribution in [-0.2, 0) is 19.2 Å². The number of carboxylic acid groups (broad SMARTS) is 4. The number of quaternary nitrogens is 2. The second-order valence-corrected chi connectivity index (χ2v) is 12.6. The third kappa shape index (κ3) is 33.4. The molecular weight excluding hydrogens is 660 g/mol. The van der Waals surface area contributed by atoms with Crippen molar-refractivity contribution in [1.82, 2.24) is 0 Å². The van der Waals surface area contributed by atoms with Gasteiger partial charge in [-0.05, 0) is 64.2 Å². The maximum absolute atomic E-state index is 10.8. The van der Waals surface area contributed by atoms with Gasteiger partial charge >= 0.3 is 49.7 Å². The summed E-state index contributed by atoms with van der Waals surface area (Å²) in [6, 6.07) is 0. The summed E-state index contributed by atoms with van der Waals surface area (Å²) >= 11 is 0. The monoisotopic (exact) mass is 726 g/mol. The third-order valence-electron chi connectivity index (χ3n) is 8.53. The summed E-state index contributed by atoms with van der Waals surface area (Å²) in [5.74, 6) is -3.77. The summed E-state index contributed by atoms with van der Waals surface area (Å²) in [7, 11) is 0. The van der Waals surface area contributed by atoms with Crippen LogP contribution in [0.5, 0.6) is 0 Å². The molecule has 0 saturated heterocycles. The van der Waals surface area contributed by atoms with Gasteiger partial charge in [0.1, 0.15) is 13.1 Å². The van der Waals surface area contributed by atoms with Gasteiger partial charge in [0.05, 0.1) is 65.3 Å². The normalized spacial score (nSPS) is 13.6. The molecule has 0 spiro atoms. The first-order valence-corrected chi connectivity index (χ1v) is 18.0. The zero-order valence-corrected chi connectivity index (χ0v) is 32.7. The standard InChI is InChI=1S/2C18H33NO5.Ca/c2*1-2-3-4-5-6-7-12-19(15-16-20,13-8-10-17(21)22)14-9-11-18(23)24;/h2*3-4,20H,2,5-16H2,1H3,(H-,21,22,23,24);/q;;+2/b2*4-3+;. The van der Waals surface area contributed by atoms with Crippen LogP contribution in [0.3, 0.4) is 0 Å². The summed E-state index contributed by atoms with van der Waals surface area (Å²) in [4.78, 5) is 42.8. The zero-order chi connectivity index (χ0) is 36.5. The van der Waals surface area contributed by atoms with Crippen LogP contribution in [0.1, 0.15) is 117 Å². The van der Waals surface area contributed by atoms with E-state index in [2.05, 4.69) is 38.2 Å². The van der Waals surface area contributed by atoms with Crippen molar-refractivity contribution in [3.8, 4) is 0 Å². The maximum Gasteiger partial charge on any atom is 2.00 e. The van der Waals surface area contributed by atoms with E-state index < -0.39 is 23.9 Å². The predicted octanol–water partition coefficient (Wildman–Crippen LogP) is 2.27. The van der Waals surface area contributed by atoms with Crippen LogP contribution in [0.4, 0.5) is 0 Å². The number of carbonyl (C=O) groups is 4. The zero-order valence-electron chi connectivity index (χ0n) is 30.5. The van der Waals surface area contributed by atoms with Crippen molar-refractivity contribution in [2.45, 2.75) is 117 Å². The van der Waals surface area contributed by atoms with Crippen LogP contribution < -0.4 is 10.2 Å². The van der Waals surface area contributed by atoms with Crippen LogP contribution in [0.2, 0.25) is 0 Å². The summed E-state index contributed by atoms with van der Waals surface area (Å²) in [6.45, 7) is 9.59. The number of aliphatic hydroxyl groups excluding tert-OH is 2. The van der Waals surface area contributed by atoms with Gasteiger partial charge in [-0.25, -0.2) is 0 Å². The fourth-order valence-corrected chi connectivity index (χ4v) is 6.00. The van der Waals surface area contributed by atoms with Crippen molar-refractivity contribution >= 4 is 61.6 Å². The number of carbonyl (C=O) groups excluding carboxylic acids is 2. The molecule has 0 saturated carbocycles. The molecule has 0 fully saturated rings. The Labute approximate surface area is 325 Å². The van der Waals surface area contributed by atoms with E-state index in [1.54, 1.807) is 0 Å². The molecule has 0 aromatic rings. The molecule has 0 bridgehead atoms. The first kappa shape index (κ1) is 51.8. The van der Waals surface area contributed by atoms with Gasteiger partial charge in [0.2, 0.25) is 0 Å². The third-order valence-corrected chi connectivity index (χ3v) is 8.53. The Kier molecular flexibility index (Phi) is 36.9. The molecule has 0 aliphatic carbocycles. The maximum atomic E-state index is 10.8. The van der Waals surface area contributed by atoms with Crippen LogP contribution in [0.15, 0.2) is 24.3 Å². The number of unbranched alkanes of at least 4 members (excludes halogenated alkanes) is 4. The minimum Gasteiger partial charge on any atom is -0.550 e. The Morgan fingerprint density at radius 1 is 0.490 bits per heavy atom. The number of nitrogens with zero attached hydrogens (tertiary/aromatic N) is 2. The molecular formula is C36H66CaN2O10+2. The smallest absolute Gasteiger partial charge is 0.550 e. The van der Waals surface area contributed by atoms with Crippen molar-refractivity contribution in [2.24, 2.45) is 0 Å². The topological polar surface area (TPSA) is 195 Å². The van der Waals surface area contributed by atoms with Gasteiger partial charge in [0.25, 0.3) is 0 Å². The number of rotatable bonds is 32. The van der Waals surface area contributed by atoms with Crippen molar-refractivity contribution in [1.29, 1.82) is 0 Å². The Bertz CT molecular complexity index is 802. The summed E-state index contributed by atoms with van der Waals surface area (Å²) < 4.78 is 1.18. The fraction of sp³-hybridized carbons (Fsp3) is 0.778. The number of aliphatic hydroxyl groups is 2. The molecule has 0 aromatic carbocycles. The Balaban J connectivity index is -0.000000846. The molecule has 0 heterocycles. The average molecular weight is 727 g/mol. The van der Waals surface area contributed by atoms with E-state index in [0.717, 1.165) is 64.5 Å². The molecule has 0 aliphatic heterocycles. The molecule has 0 radical (unpaired) electrons. The van der Waals surface area contributed by atoms with Crippen LogP contribution in [0.25, 0.3) is 0 Å². The molecule has 0 amide bonds. The summed E-state index contributed by atoms with van der Waals surface area (Å²) in [6.07, 6.45) is 19.0. The quantitative estimate of drug-likeness (QED) is 0.0346. The predicted molar refractivity (Wildman–Crippen MR) is 188 cm³/mol. The van der Waals surface area contributed by atoms with Gasteiger partial charge < -0.3 is 49.2 Å². The molecule has 2 unspecified atom stereocenters. The molecule has 0 aliphatic rings. The van der Waals surface area contributed by atoms with E-state index in [-0.39, 0.29) is 76.6 Å². The van der Waals surface area contributed by atoms with Crippen molar-refractivity contribution < 1.29 is 58.8 Å². The second kappa shape index (κ2) is 34.9. The van der Waals surface area contributed by atoms with Crippen LogP contribution in [-0.4, -0.2) is 157 Å². The number of hydrogen-bond acceptors (Lipinski definition) is 8. The minimum absolute atomic E-state index is 0. The van der Waals surface area contributed by atoms with Gasteiger partial charge in [-0.2, -0.15) is 0 Å². The number of aliphatic carboxylic acids is 4. The van der Waals surface area contributed by atoms with E-state index in [4.69, 9.17) is 10.2 Å². The molecule has 2 atom stereocenters. The van der Waals surface area contributed by atoms with E-state index in [0.29, 0.717) is 73.9 Å². The Hall–Kier alpha value is -1.54. The summed E-state index contributed by atoms with van der Waals surface area (Å²) in [5, 5.41) is 57.8. The SMILES string of the molecule is CC/C=C/CCCC[N+](CCO)(CCCC(=O)[O-])CCCC(=O)O.CC/C=C/CCCC[N+](CCO)(CCCC(=O)[O-])CCCC(=O)O.[Ca+2]. The molecule has 4 N–H and O–H groups in total. The van der Waals surface area contributed by atoms with E-state index in [9.17, 15) is 39.6 Å². The summed E-state index contributed by atoms with van der Waals surface area (Å²) in [5.41, 5.74) is 0. The number of hydrogen-bond donors (Lipinski definition) is 4. The van der Waals surface area contributed by atoms with Crippen molar-refractivity contribution in [3.05, 3.63) is 24.3 Å². The molecule has 12 nitrogen and oxygen atoms in total. The van der Waals surface area contributed by atoms with E-state index in [1.807, 2.05) is 0 Å².